The van der Waals surface area contributed by atoms with Crippen LogP contribution in [0.25, 0.3) is 10.1 Å². The first kappa shape index (κ1) is 8.77. The van der Waals surface area contributed by atoms with Crippen LogP contribution in [0.2, 0.25) is 0 Å². The van der Waals surface area contributed by atoms with E-state index in [2.05, 4.69) is 35.2 Å². The molecule has 2 aromatic rings. The van der Waals surface area contributed by atoms with Crippen LogP contribution < -0.4 is 0 Å². The molecular formula is C8H4FIS2. The van der Waals surface area contributed by atoms with E-state index in [1.807, 2.05) is 6.07 Å². The zero-order valence-electron chi connectivity index (χ0n) is 5.84. The van der Waals surface area contributed by atoms with E-state index in [0.29, 0.717) is 4.70 Å². The number of rotatable bonds is 0. The van der Waals surface area contributed by atoms with Gasteiger partial charge in [-0.15, -0.1) is 24.0 Å². The van der Waals surface area contributed by atoms with Gasteiger partial charge in [-0.2, -0.15) is 0 Å². The molecule has 1 heterocycles. The molecule has 0 radical (unpaired) electrons. The van der Waals surface area contributed by atoms with Gasteiger partial charge in [0, 0.05) is 8.96 Å². The van der Waals surface area contributed by atoms with Crippen molar-refractivity contribution in [2.75, 3.05) is 0 Å². The van der Waals surface area contributed by atoms with Crippen molar-refractivity contribution in [3.05, 3.63) is 27.6 Å². The predicted octanol–water partition coefficient (Wildman–Crippen LogP) is 3.93. The van der Waals surface area contributed by atoms with Gasteiger partial charge in [0.15, 0.2) is 0 Å². The summed E-state index contributed by atoms with van der Waals surface area (Å²) in [4.78, 5) is 0. The fourth-order valence-electron chi connectivity index (χ4n) is 1.04. The van der Waals surface area contributed by atoms with Crippen LogP contribution in [0, 0.1) is 9.39 Å². The second kappa shape index (κ2) is 3.16. The van der Waals surface area contributed by atoms with Crippen LogP contribution in [0.1, 0.15) is 0 Å². The Kier molecular flexibility index (Phi) is 2.31. The molecule has 0 aliphatic carbocycles. The van der Waals surface area contributed by atoms with Crippen LogP contribution in [0.15, 0.2) is 22.4 Å². The number of halogens is 2. The lowest BCUT2D eigenvalue weighted by molar-refractivity contribution is 0.641. The summed E-state index contributed by atoms with van der Waals surface area (Å²) < 4.78 is 15.8. The lowest BCUT2D eigenvalue weighted by atomic mass is 10.3. The van der Waals surface area contributed by atoms with Gasteiger partial charge in [-0.25, -0.2) is 4.39 Å². The van der Waals surface area contributed by atoms with Gasteiger partial charge in [-0.1, -0.05) is 12.1 Å². The number of thiol groups is 1. The molecule has 0 aliphatic rings. The van der Waals surface area contributed by atoms with Crippen LogP contribution in [0.5, 0.6) is 0 Å². The zero-order chi connectivity index (χ0) is 8.72. The maximum atomic E-state index is 13.2. The second-order valence-electron chi connectivity index (χ2n) is 2.34. The van der Waals surface area contributed by atoms with Crippen molar-refractivity contribution in [3.8, 4) is 0 Å². The number of fused-ring (bicyclic) bond motifs is 1. The van der Waals surface area contributed by atoms with Crippen molar-refractivity contribution in [1.82, 2.24) is 0 Å². The molecule has 4 heteroatoms. The number of benzene rings is 1. The van der Waals surface area contributed by atoms with E-state index in [1.165, 1.54) is 17.4 Å². The van der Waals surface area contributed by atoms with Gasteiger partial charge in [0.25, 0.3) is 0 Å². The highest BCUT2D eigenvalue weighted by Crippen LogP contribution is 2.35. The van der Waals surface area contributed by atoms with Gasteiger partial charge in [0.1, 0.15) is 5.82 Å². The Morgan fingerprint density at radius 3 is 2.83 bits per heavy atom. The number of thiophene rings is 1. The van der Waals surface area contributed by atoms with Crippen LogP contribution in [0.3, 0.4) is 0 Å². The van der Waals surface area contributed by atoms with Gasteiger partial charge >= 0.3 is 0 Å². The highest BCUT2D eigenvalue weighted by molar-refractivity contribution is 14.1. The third-order valence-electron chi connectivity index (χ3n) is 1.59. The summed E-state index contributed by atoms with van der Waals surface area (Å²) in [7, 11) is 0. The van der Waals surface area contributed by atoms with Crippen molar-refractivity contribution in [2.24, 2.45) is 0 Å². The molecule has 0 bridgehead atoms. The van der Waals surface area contributed by atoms with Crippen LogP contribution in [-0.4, -0.2) is 0 Å². The second-order valence-corrected chi connectivity index (χ2v) is 5.19. The van der Waals surface area contributed by atoms with Crippen LogP contribution in [-0.2, 0) is 0 Å². The summed E-state index contributed by atoms with van der Waals surface area (Å²) in [5.41, 5.74) is 0. The van der Waals surface area contributed by atoms with Gasteiger partial charge in [-0.3, -0.25) is 0 Å². The molecule has 1 aromatic carbocycles. The molecule has 0 aliphatic heterocycles. The summed E-state index contributed by atoms with van der Waals surface area (Å²) in [6.07, 6.45) is 0. The Morgan fingerprint density at radius 1 is 1.42 bits per heavy atom. The smallest absolute Gasteiger partial charge is 0.141 e. The first-order valence-corrected chi connectivity index (χ1v) is 5.60. The van der Waals surface area contributed by atoms with Gasteiger partial charge in [-0.05, 0) is 28.7 Å². The van der Waals surface area contributed by atoms with Crippen molar-refractivity contribution >= 4 is 56.6 Å². The van der Waals surface area contributed by atoms with Crippen LogP contribution in [0.4, 0.5) is 4.39 Å². The van der Waals surface area contributed by atoms with E-state index < -0.39 is 0 Å². The molecule has 0 saturated heterocycles. The average molecular weight is 310 g/mol. The zero-order valence-corrected chi connectivity index (χ0v) is 9.71. The van der Waals surface area contributed by atoms with E-state index in [0.717, 1.165) is 13.2 Å². The van der Waals surface area contributed by atoms with Crippen molar-refractivity contribution in [3.63, 3.8) is 0 Å². The number of hydrogen-bond acceptors (Lipinski definition) is 2. The Bertz CT molecular complexity index is 436. The molecule has 0 atom stereocenters. The van der Waals surface area contributed by atoms with E-state index in [1.54, 1.807) is 6.07 Å². The molecule has 0 fully saturated rings. The average Bonchev–Trinajstić information content (AvgIpc) is 2.32. The predicted molar refractivity (Wildman–Crippen MR) is 61.8 cm³/mol. The lowest BCUT2D eigenvalue weighted by Crippen LogP contribution is -1.72. The molecule has 2 rings (SSSR count). The minimum Gasteiger partial charge on any atom is -0.205 e. The molecule has 0 saturated carbocycles. The van der Waals surface area contributed by atoms with Crippen molar-refractivity contribution in [2.45, 2.75) is 4.21 Å². The van der Waals surface area contributed by atoms with Crippen LogP contribution >= 0.6 is 46.6 Å². The summed E-state index contributed by atoms with van der Waals surface area (Å²) in [6, 6.07) is 5.11. The Morgan fingerprint density at radius 2 is 2.17 bits per heavy atom. The fraction of sp³-hybridized carbons (Fsp3) is 0. The molecule has 0 N–H and O–H groups in total. The summed E-state index contributed by atoms with van der Waals surface area (Å²) >= 11 is 7.82. The molecule has 0 unspecified atom stereocenters. The highest BCUT2D eigenvalue weighted by Gasteiger charge is 2.09. The Labute approximate surface area is 92.3 Å². The molecule has 62 valence electrons. The Hall–Kier alpha value is 0.190. The quantitative estimate of drug-likeness (QED) is 0.553. The summed E-state index contributed by atoms with van der Waals surface area (Å²) in [5.74, 6) is -0.157. The lowest BCUT2D eigenvalue weighted by Gasteiger charge is -1.90. The van der Waals surface area contributed by atoms with Crippen molar-refractivity contribution < 1.29 is 4.39 Å². The topological polar surface area (TPSA) is 0 Å². The van der Waals surface area contributed by atoms with Crippen molar-refractivity contribution in [1.29, 1.82) is 0 Å². The Balaban J connectivity index is 2.95. The van der Waals surface area contributed by atoms with E-state index in [9.17, 15) is 4.39 Å². The minimum absolute atomic E-state index is 0.157. The normalized spacial score (nSPS) is 10.9. The number of hydrogen-bond donors (Lipinski definition) is 1. The van der Waals surface area contributed by atoms with E-state index in [-0.39, 0.29) is 5.82 Å². The third-order valence-corrected chi connectivity index (χ3v) is 5.02. The maximum absolute atomic E-state index is 13.2. The first-order chi connectivity index (χ1) is 5.70. The third kappa shape index (κ3) is 1.25. The molecule has 0 nitrogen and oxygen atoms in total. The molecular weight excluding hydrogens is 306 g/mol. The maximum Gasteiger partial charge on any atom is 0.141 e. The summed E-state index contributed by atoms with van der Waals surface area (Å²) in [6.45, 7) is 0. The molecule has 12 heavy (non-hydrogen) atoms. The highest BCUT2D eigenvalue weighted by atomic mass is 127. The molecule has 0 amide bonds. The fourth-order valence-corrected chi connectivity index (χ4v) is 3.24. The SMILES string of the molecule is Fc1cccc2c(I)c(S)sc12. The monoisotopic (exact) mass is 310 g/mol. The van der Waals surface area contributed by atoms with E-state index in [4.69, 9.17) is 0 Å². The largest absolute Gasteiger partial charge is 0.205 e. The van der Waals surface area contributed by atoms with Gasteiger partial charge in [0.05, 0.1) is 8.91 Å². The summed E-state index contributed by atoms with van der Waals surface area (Å²) in [5, 5.41) is 0.964. The van der Waals surface area contributed by atoms with Gasteiger partial charge in [0.2, 0.25) is 0 Å². The molecule has 0 spiro atoms. The first-order valence-electron chi connectivity index (χ1n) is 3.25. The molecule has 1 aromatic heterocycles. The van der Waals surface area contributed by atoms with Gasteiger partial charge < -0.3 is 0 Å². The standard InChI is InChI=1S/C8H4FIS2/c9-5-3-1-2-4-6(10)8(11)12-7(4)5/h1-3,11H. The van der Waals surface area contributed by atoms with E-state index >= 15 is 0 Å². The minimum atomic E-state index is -0.157.